The summed E-state index contributed by atoms with van der Waals surface area (Å²) in [5.74, 6) is -0.172. The van der Waals surface area contributed by atoms with Crippen LogP contribution in [-0.2, 0) is 16.1 Å². The third-order valence-electron chi connectivity index (χ3n) is 3.40. The molecule has 1 N–H and O–H groups in total. The van der Waals surface area contributed by atoms with Crippen molar-refractivity contribution in [3.63, 3.8) is 0 Å². The SMILES string of the molecule is COC(=O)C(C)(CCCn1cc(I)cn1)NC1CC1. The molecule has 6 heteroatoms. The number of hydrogen-bond donors (Lipinski definition) is 1. The molecule has 19 heavy (non-hydrogen) atoms. The maximum Gasteiger partial charge on any atom is 0.325 e. The van der Waals surface area contributed by atoms with Crippen molar-refractivity contribution in [1.29, 1.82) is 0 Å². The molecule has 0 bridgehead atoms. The highest BCUT2D eigenvalue weighted by Crippen LogP contribution is 2.25. The van der Waals surface area contributed by atoms with Crippen LogP contribution in [0.3, 0.4) is 0 Å². The van der Waals surface area contributed by atoms with E-state index in [1.807, 2.05) is 24.0 Å². The van der Waals surface area contributed by atoms with E-state index in [9.17, 15) is 4.79 Å². The number of hydrogen-bond acceptors (Lipinski definition) is 4. The first kappa shape index (κ1) is 14.8. The number of esters is 1. The van der Waals surface area contributed by atoms with E-state index in [0.717, 1.165) is 35.8 Å². The predicted octanol–water partition coefficient (Wildman–Crippen LogP) is 1.95. The van der Waals surface area contributed by atoms with Gasteiger partial charge >= 0.3 is 5.97 Å². The lowest BCUT2D eigenvalue weighted by molar-refractivity contribution is -0.148. The van der Waals surface area contributed by atoms with Crippen molar-refractivity contribution in [2.24, 2.45) is 0 Å². The quantitative estimate of drug-likeness (QED) is 0.583. The Morgan fingerprint density at radius 1 is 1.68 bits per heavy atom. The van der Waals surface area contributed by atoms with Gasteiger partial charge in [0, 0.05) is 18.8 Å². The molecular formula is C13H20IN3O2. The van der Waals surface area contributed by atoms with Crippen LogP contribution in [0.15, 0.2) is 12.4 Å². The Morgan fingerprint density at radius 3 is 2.95 bits per heavy atom. The molecule has 0 radical (unpaired) electrons. The molecule has 0 spiro atoms. The summed E-state index contributed by atoms with van der Waals surface area (Å²) in [4.78, 5) is 11.9. The number of methoxy groups -OCH3 is 1. The zero-order chi connectivity index (χ0) is 13.9. The average molecular weight is 377 g/mol. The molecule has 1 unspecified atom stereocenters. The fourth-order valence-electron chi connectivity index (χ4n) is 2.19. The van der Waals surface area contributed by atoms with Gasteiger partial charge in [-0.05, 0) is 55.2 Å². The average Bonchev–Trinajstić information content (AvgIpc) is 3.09. The van der Waals surface area contributed by atoms with Crippen molar-refractivity contribution in [2.45, 2.75) is 50.7 Å². The van der Waals surface area contributed by atoms with Crippen LogP contribution in [0, 0.1) is 3.57 Å². The van der Waals surface area contributed by atoms with Gasteiger partial charge in [0.25, 0.3) is 0 Å². The van der Waals surface area contributed by atoms with E-state index in [-0.39, 0.29) is 5.97 Å². The van der Waals surface area contributed by atoms with Crippen molar-refractivity contribution in [2.75, 3.05) is 7.11 Å². The third-order valence-corrected chi connectivity index (χ3v) is 3.96. The van der Waals surface area contributed by atoms with E-state index < -0.39 is 5.54 Å². The number of nitrogens with zero attached hydrogens (tertiary/aromatic N) is 2. The summed E-state index contributed by atoms with van der Waals surface area (Å²) in [7, 11) is 1.45. The van der Waals surface area contributed by atoms with Crippen LogP contribution in [-0.4, -0.2) is 34.4 Å². The number of carbonyl (C=O) groups excluding carboxylic acids is 1. The number of ether oxygens (including phenoxy) is 1. The molecule has 2 rings (SSSR count). The normalized spacial score (nSPS) is 18.1. The Kier molecular flexibility index (Phi) is 4.83. The Labute approximate surface area is 127 Å². The standard InChI is InChI=1S/C13H20IN3O2/c1-13(12(18)19-2,16-11-4-5-11)6-3-7-17-9-10(14)8-15-17/h8-9,11,16H,3-7H2,1-2H3. The minimum Gasteiger partial charge on any atom is -0.468 e. The first-order valence-corrected chi connectivity index (χ1v) is 7.65. The number of aromatic nitrogens is 2. The number of nitrogens with one attached hydrogen (secondary N) is 1. The van der Waals surface area contributed by atoms with Crippen LogP contribution in [0.4, 0.5) is 0 Å². The Morgan fingerprint density at radius 2 is 2.42 bits per heavy atom. The number of aryl methyl sites for hydroxylation is 1. The predicted molar refractivity (Wildman–Crippen MR) is 80.8 cm³/mol. The molecule has 106 valence electrons. The molecular weight excluding hydrogens is 357 g/mol. The van der Waals surface area contributed by atoms with Gasteiger partial charge < -0.3 is 4.74 Å². The van der Waals surface area contributed by atoms with Gasteiger partial charge in [0.1, 0.15) is 5.54 Å². The van der Waals surface area contributed by atoms with Crippen LogP contribution >= 0.6 is 22.6 Å². The smallest absolute Gasteiger partial charge is 0.325 e. The van der Waals surface area contributed by atoms with Gasteiger partial charge in [-0.1, -0.05) is 0 Å². The monoisotopic (exact) mass is 377 g/mol. The van der Waals surface area contributed by atoms with Gasteiger partial charge in [0.2, 0.25) is 0 Å². The molecule has 0 amide bonds. The van der Waals surface area contributed by atoms with Gasteiger partial charge in [-0.3, -0.25) is 14.8 Å². The van der Waals surface area contributed by atoms with E-state index in [1.54, 1.807) is 0 Å². The van der Waals surface area contributed by atoms with Gasteiger partial charge in [-0.25, -0.2) is 0 Å². The lowest BCUT2D eigenvalue weighted by Gasteiger charge is -2.28. The van der Waals surface area contributed by atoms with Crippen LogP contribution in [0.5, 0.6) is 0 Å². The number of rotatable bonds is 7. The lowest BCUT2D eigenvalue weighted by atomic mass is 9.95. The van der Waals surface area contributed by atoms with Crippen molar-refractivity contribution >= 4 is 28.6 Å². The summed E-state index contributed by atoms with van der Waals surface area (Å²) in [6.07, 6.45) is 7.80. The molecule has 5 nitrogen and oxygen atoms in total. The summed E-state index contributed by atoms with van der Waals surface area (Å²) in [6.45, 7) is 2.76. The molecule has 1 aliphatic rings. The summed E-state index contributed by atoms with van der Waals surface area (Å²) >= 11 is 2.24. The molecule has 1 atom stereocenters. The molecule has 1 heterocycles. The lowest BCUT2D eigenvalue weighted by Crippen LogP contribution is -2.51. The van der Waals surface area contributed by atoms with E-state index in [0.29, 0.717) is 6.04 Å². The second-order valence-corrected chi connectivity index (χ2v) is 6.51. The van der Waals surface area contributed by atoms with Gasteiger partial charge in [0.05, 0.1) is 16.9 Å². The summed E-state index contributed by atoms with van der Waals surface area (Å²) < 4.78 is 7.97. The third kappa shape index (κ3) is 4.17. The minimum atomic E-state index is -0.573. The first-order valence-electron chi connectivity index (χ1n) is 6.57. The van der Waals surface area contributed by atoms with Gasteiger partial charge in [-0.15, -0.1) is 0 Å². The van der Waals surface area contributed by atoms with E-state index in [4.69, 9.17) is 4.74 Å². The van der Waals surface area contributed by atoms with E-state index in [1.165, 1.54) is 7.11 Å². The topological polar surface area (TPSA) is 56.2 Å². The highest BCUT2D eigenvalue weighted by molar-refractivity contribution is 14.1. The first-order chi connectivity index (χ1) is 9.03. The molecule has 0 saturated heterocycles. The largest absolute Gasteiger partial charge is 0.468 e. The van der Waals surface area contributed by atoms with Crippen molar-refractivity contribution < 1.29 is 9.53 Å². The molecule has 0 aromatic carbocycles. The fourth-order valence-corrected chi connectivity index (χ4v) is 2.64. The van der Waals surface area contributed by atoms with Crippen LogP contribution in [0.1, 0.15) is 32.6 Å². The fraction of sp³-hybridized carbons (Fsp3) is 0.692. The maximum absolute atomic E-state index is 11.9. The molecule has 1 aromatic rings. The van der Waals surface area contributed by atoms with Crippen molar-refractivity contribution in [3.05, 3.63) is 16.0 Å². The highest BCUT2D eigenvalue weighted by Gasteiger charge is 2.38. The molecule has 1 aliphatic carbocycles. The van der Waals surface area contributed by atoms with E-state index >= 15 is 0 Å². The van der Waals surface area contributed by atoms with Crippen LogP contribution in [0.25, 0.3) is 0 Å². The second-order valence-electron chi connectivity index (χ2n) is 5.27. The number of halogens is 1. The molecule has 1 aromatic heterocycles. The zero-order valence-electron chi connectivity index (χ0n) is 11.4. The Hall–Kier alpha value is -0.630. The second kappa shape index (κ2) is 6.21. The van der Waals surface area contributed by atoms with Crippen LogP contribution < -0.4 is 5.32 Å². The van der Waals surface area contributed by atoms with Crippen LogP contribution in [0.2, 0.25) is 0 Å². The van der Waals surface area contributed by atoms with Gasteiger partial charge in [0.15, 0.2) is 0 Å². The molecule has 0 aliphatic heterocycles. The maximum atomic E-state index is 11.9. The van der Waals surface area contributed by atoms with Gasteiger partial charge in [-0.2, -0.15) is 5.10 Å². The molecule has 1 saturated carbocycles. The van der Waals surface area contributed by atoms with E-state index in [2.05, 4.69) is 33.0 Å². The van der Waals surface area contributed by atoms with Crippen molar-refractivity contribution in [3.8, 4) is 0 Å². The van der Waals surface area contributed by atoms with Crippen molar-refractivity contribution in [1.82, 2.24) is 15.1 Å². The summed E-state index contributed by atoms with van der Waals surface area (Å²) in [5, 5.41) is 7.65. The summed E-state index contributed by atoms with van der Waals surface area (Å²) in [5.41, 5.74) is -0.573. The highest BCUT2D eigenvalue weighted by atomic mass is 127. The Balaban J connectivity index is 1.86. The zero-order valence-corrected chi connectivity index (χ0v) is 13.5. The molecule has 1 fully saturated rings. The number of carbonyl (C=O) groups is 1. The summed E-state index contributed by atoms with van der Waals surface area (Å²) in [6, 6.07) is 0.481. The Bertz CT molecular complexity index is 445. The minimum absolute atomic E-state index is 0.172.